The Hall–Kier alpha value is -0.610. The van der Waals surface area contributed by atoms with Crippen LogP contribution in [0.25, 0.3) is 0 Å². The van der Waals surface area contributed by atoms with E-state index in [1.807, 2.05) is 0 Å². The van der Waals surface area contributed by atoms with Crippen molar-refractivity contribution in [1.82, 2.24) is 5.32 Å². The topological polar surface area (TPSA) is 64.3 Å². The molecule has 0 radical (unpaired) electrons. The van der Waals surface area contributed by atoms with E-state index in [4.69, 9.17) is 10.5 Å². The van der Waals surface area contributed by atoms with Crippen LogP contribution in [0.2, 0.25) is 0 Å². The van der Waals surface area contributed by atoms with Crippen molar-refractivity contribution in [2.75, 3.05) is 26.3 Å². The first kappa shape index (κ1) is 16.4. The average Bonchev–Trinajstić information content (AvgIpc) is 2.43. The van der Waals surface area contributed by atoms with Crippen molar-refractivity contribution < 1.29 is 9.53 Å². The highest BCUT2D eigenvalue weighted by Crippen LogP contribution is 2.38. The maximum atomic E-state index is 12.0. The Morgan fingerprint density at radius 2 is 2.00 bits per heavy atom. The van der Waals surface area contributed by atoms with E-state index in [1.54, 1.807) is 0 Å². The quantitative estimate of drug-likeness (QED) is 0.631. The smallest absolute Gasteiger partial charge is 0.220 e. The fourth-order valence-corrected chi connectivity index (χ4v) is 2.81. The highest BCUT2D eigenvalue weighted by Gasteiger charge is 2.32. The van der Waals surface area contributed by atoms with Crippen molar-refractivity contribution >= 4 is 5.91 Å². The van der Waals surface area contributed by atoms with Gasteiger partial charge in [-0.3, -0.25) is 4.79 Å². The lowest BCUT2D eigenvalue weighted by molar-refractivity contribution is -0.123. The van der Waals surface area contributed by atoms with Crippen molar-refractivity contribution in [3.05, 3.63) is 0 Å². The summed E-state index contributed by atoms with van der Waals surface area (Å²) in [5.74, 6) is 0.155. The second-order valence-electron chi connectivity index (χ2n) is 5.76. The SMILES string of the molecule is CCCOCCCNC(=O)CC1(CN)CCCCC1. The van der Waals surface area contributed by atoms with Gasteiger partial charge in [0.1, 0.15) is 0 Å². The Bertz CT molecular complexity index is 251. The van der Waals surface area contributed by atoms with Crippen LogP contribution in [0.4, 0.5) is 0 Å². The van der Waals surface area contributed by atoms with Gasteiger partial charge in [-0.2, -0.15) is 0 Å². The Labute approximate surface area is 117 Å². The first-order valence-corrected chi connectivity index (χ1v) is 7.77. The molecule has 0 spiro atoms. The predicted molar refractivity (Wildman–Crippen MR) is 77.9 cm³/mol. The molecule has 4 heteroatoms. The summed E-state index contributed by atoms with van der Waals surface area (Å²) in [6.07, 6.45) is 8.47. The molecule has 0 unspecified atom stereocenters. The summed E-state index contributed by atoms with van der Waals surface area (Å²) >= 11 is 0. The Morgan fingerprint density at radius 3 is 2.63 bits per heavy atom. The van der Waals surface area contributed by atoms with E-state index in [1.165, 1.54) is 19.3 Å². The predicted octanol–water partition coefficient (Wildman–Crippen LogP) is 2.22. The van der Waals surface area contributed by atoms with Crippen molar-refractivity contribution in [2.45, 2.75) is 58.3 Å². The van der Waals surface area contributed by atoms with Crippen LogP contribution in [0.5, 0.6) is 0 Å². The molecule has 1 saturated carbocycles. The molecule has 1 fully saturated rings. The molecule has 0 aromatic rings. The Morgan fingerprint density at radius 1 is 1.26 bits per heavy atom. The molecule has 1 rings (SSSR count). The first-order valence-electron chi connectivity index (χ1n) is 7.77. The van der Waals surface area contributed by atoms with Crippen LogP contribution in [0.15, 0.2) is 0 Å². The lowest BCUT2D eigenvalue weighted by Gasteiger charge is -2.35. The highest BCUT2D eigenvalue weighted by atomic mass is 16.5. The first-order chi connectivity index (χ1) is 9.22. The molecule has 0 aliphatic heterocycles. The van der Waals surface area contributed by atoms with E-state index in [0.717, 1.165) is 38.9 Å². The second kappa shape index (κ2) is 9.32. The van der Waals surface area contributed by atoms with Gasteiger partial charge in [-0.15, -0.1) is 0 Å². The van der Waals surface area contributed by atoms with Crippen LogP contribution in [0, 0.1) is 5.41 Å². The van der Waals surface area contributed by atoms with Crippen LogP contribution in [0.3, 0.4) is 0 Å². The molecule has 0 heterocycles. The standard InChI is InChI=1S/C15H30N2O2/c1-2-10-19-11-6-9-17-14(18)12-15(13-16)7-4-3-5-8-15/h2-13,16H2,1H3,(H,17,18). The van der Waals surface area contributed by atoms with Crippen LogP contribution >= 0.6 is 0 Å². The molecule has 0 bridgehead atoms. The fourth-order valence-electron chi connectivity index (χ4n) is 2.81. The van der Waals surface area contributed by atoms with Gasteiger partial charge in [0, 0.05) is 26.2 Å². The third-order valence-corrected chi connectivity index (χ3v) is 4.02. The number of carbonyl (C=O) groups is 1. The Kier molecular flexibility index (Phi) is 8.07. The number of hydrogen-bond acceptors (Lipinski definition) is 3. The number of carbonyl (C=O) groups excluding carboxylic acids is 1. The number of rotatable bonds is 9. The zero-order chi connectivity index (χ0) is 14.0. The van der Waals surface area contributed by atoms with E-state index < -0.39 is 0 Å². The maximum Gasteiger partial charge on any atom is 0.220 e. The number of nitrogens with two attached hydrogens (primary N) is 1. The summed E-state index contributed by atoms with van der Waals surface area (Å²) in [5, 5.41) is 2.99. The largest absolute Gasteiger partial charge is 0.381 e. The van der Waals surface area contributed by atoms with Crippen molar-refractivity contribution in [3.63, 3.8) is 0 Å². The number of ether oxygens (including phenoxy) is 1. The number of amides is 1. The molecule has 0 aromatic heterocycles. The third-order valence-electron chi connectivity index (χ3n) is 4.02. The molecule has 4 nitrogen and oxygen atoms in total. The van der Waals surface area contributed by atoms with Gasteiger partial charge in [-0.05, 0) is 37.6 Å². The highest BCUT2D eigenvalue weighted by molar-refractivity contribution is 5.76. The summed E-state index contributed by atoms with van der Waals surface area (Å²) in [7, 11) is 0. The molecule has 1 aliphatic carbocycles. The normalized spacial score (nSPS) is 18.2. The number of nitrogens with one attached hydrogen (secondary N) is 1. The molecular formula is C15H30N2O2. The van der Waals surface area contributed by atoms with E-state index in [2.05, 4.69) is 12.2 Å². The third kappa shape index (κ3) is 6.39. The molecule has 1 amide bonds. The summed E-state index contributed by atoms with van der Waals surface area (Å²) in [5.41, 5.74) is 5.97. The summed E-state index contributed by atoms with van der Waals surface area (Å²) in [4.78, 5) is 12.0. The zero-order valence-corrected chi connectivity index (χ0v) is 12.4. The van der Waals surface area contributed by atoms with Crippen LogP contribution in [-0.2, 0) is 9.53 Å². The van der Waals surface area contributed by atoms with Crippen molar-refractivity contribution in [2.24, 2.45) is 11.1 Å². The zero-order valence-electron chi connectivity index (χ0n) is 12.4. The maximum absolute atomic E-state index is 12.0. The van der Waals surface area contributed by atoms with Crippen molar-refractivity contribution in [1.29, 1.82) is 0 Å². The van der Waals surface area contributed by atoms with Gasteiger partial charge < -0.3 is 15.8 Å². The van der Waals surface area contributed by atoms with Gasteiger partial charge in [0.05, 0.1) is 0 Å². The molecule has 1 aliphatic rings. The minimum absolute atomic E-state index is 0.0705. The molecule has 112 valence electrons. The second-order valence-corrected chi connectivity index (χ2v) is 5.76. The van der Waals surface area contributed by atoms with Gasteiger partial charge in [0.15, 0.2) is 0 Å². The van der Waals surface area contributed by atoms with Gasteiger partial charge in [0.25, 0.3) is 0 Å². The van der Waals surface area contributed by atoms with Gasteiger partial charge in [-0.1, -0.05) is 26.2 Å². The molecule has 0 aromatic carbocycles. The average molecular weight is 270 g/mol. The molecule has 3 N–H and O–H groups in total. The van der Waals surface area contributed by atoms with E-state index in [9.17, 15) is 4.79 Å². The summed E-state index contributed by atoms with van der Waals surface area (Å²) in [6.45, 7) is 4.99. The minimum Gasteiger partial charge on any atom is -0.381 e. The Balaban J connectivity index is 2.15. The van der Waals surface area contributed by atoms with E-state index in [-0.39, 0.29) is 11.3 Å². The van der Waals surface area contributed by atoms with Crippen LogP contribution in [0.1, 0.15) is 58.3 Å². The van der Waals surface area contributed by atoms with Gasteiger partial charge in [-0.25, -0.2) is 0 Å². The molecule has 0 saturated heterocycles. The summed E-state index contributed by atoms with van der Waals surface area (Å²) in [6, 6.07) is 0. The number of hydrogen-bond donors (Lipinski definition) is 2. The molecular weight excluding hydrogens is 240 g/mol. The van der Waals surface area contributed by atoms with E-state index >= 15 is 0 Å². The monoisotopic (exact) mass is 270 g/mol. The van der Waals surface area contributed by atoms with Gasteiger partial charge in [0.2, 0.25) is 5.91 Å². The summed E-state index contributed by atoms with van der Waals surface area (Å²) < 4.78 is 5.38. The van der Waals surface area contributed by atoms with Crippen molar-refractivity contribution in [3.8, 4) is 0 Å². The minimum atomic E-state index is 0.0705. The molecule has 0 atom stereocenters. The van der Waals surface area contributed by atoms with Gasteiger partial charge >= 0.3 is 0 Å². The molecule has 19 heavy (non-hydrogen) atoms. The lowest BCUT2D eigenvalue weighted by atomic mass is 9.71. The lowest BCUT2D eigenvalue weighted by Crippen LogP contribution is -2.39. The van der Waals surface area contributed by atoms with Crippen LogP contribution < -0.4 is 11.1 Å². The fraction of sp³-hybridized carbons (Fsp3) is 0.933. The van der Waals surface area contributed by atoms with Crippen LogP contribution in [-0.4, -0.2) is 32.2 Å². The van der Waals surface area contributed by atoms with E-state index in [0.29, 0.717) is 19.5 Å².